The maximum Gasteiger partial charge on any atom is 0.254 e. The molecule has 1 amide bonds. The maximum atomic E-state index is 13.2. The molecule has 0 heterocycles. The number of aliphatic hydroxyl groups excluding tert-OH is 1. The molecule has 0 unspecified atom stereocenters. The minimum Gasteiger partial charge on any atom is -0.394 e. The Morgan fingerprint density at radius 3 is 2.53 bits per heavy atom. The van der Waals surface area contributed by atoms with Crippen molar-refractivity contribution in [3.63, 3.8) is 0 Å². The van der Waals surface area contributed by atoms with Gasteiger partial charge in [0.05, 0.1) is 12.1 Å². The summed E-state index contributed by atoms with van der Waals surface area (Å²) in [4.78, 5) is 13.5. The number of nitrogens with zero attached hydrogens (tertiary/aromatic N) is 1. The van der Waals surface area contributed by atoms with Gasteiger partial charge in [-0.15, -0.1) is 0 Å². The van der Waals surface area contributed by atoms with E-state index >= 15 is 0 Å². The average Bonchev–Trinajstić information content (AvgIpc) is 2.25. The van der Waals surface area contributed by atoms with E-state index in [9.17, 15) is 14.3 Å². The van der Waals surface area contributed by atoms with Crippen LogP contribution in [0.1, 0.15) is 24.2 Å². The van der Waals surface area contributed by atoms with Crippen LogP contribution in [0.25, 0.3) is 0 Å². The number of hydrogen-bond donors (Lipinski definition) is 1. The molecule has 3 nitrogen and oxygen atoms in total. The minimum absolute atomic E-state index is 0.161. The highest BCUT2D eigenvalue weighted by Crippen LogP contribution is 2.19. The first-order valence-corrected chi connectivity index (χ1v) is 5.92. The van der Waals surface area contributed by atoms with Gasteiger partial charge in [-0.1, -0.05) is 15.9 Å². The lowest BCUT2D eigenvalue weighted by atomic mass is 10.0. The van der Waals surface area contributed by atoms with Crippen molar-refractivity contribution in [3.05, 3.63) is 34.1 Å². The summed E-state index contributed by atoms with van der Waals surface area (Å²) in [7, 11) is 1.58. The third kappa shape index (κ3) is 3.26. The van der Waals surface area contributed by atoms with E-state index in [1.165, 1.54) is 17.0 Å². The molecule has 17 heavy (non-hydrogen) atoms. The molecule has 0 radical (unpaired) electrons. The Hall–Kier alpha value is -0.940. The second kappa shape index (κ2) is 5.14. The topological polar surface area (TPSA) is 40.5 Å². The van der Waals surface area contributed by atoms with E-state index in [4.69, 9.17) is 0 Å². The van der Waals surface area contributed by atoms with Gasteiger partial charge >= 0.3 is 0 Å². The van der Waals surface area contributed by atoms with Crippen molar-refractivity contribution in [1.29, 1.82) is 0 Å². The Labute approximate surface area is 108 Å². The van der Waals surface area contributed by atoms with Crippen molar-refractivity contribution < 1.29 is 14.3 Å². The summed E-state index contributed by atoms with van der Waals surface area (Å²) < 4.78 is 13.7. The molecular weight excluding hydrogens is 289 g/mol. The molecule has 94 valence electrons. The second-order valence-electron chi connectivity index (χ2n) is 4.49. The third-order valence-electron chi connectivity index (χ3n) is 2.71. The van der Waals surface area contributed by atoms with Crippen LogP contribution >= 0.6 is 15.9 Å². The Morgan fingerprint density at radius 1 is 1.47 bits per heavy atom. The molecule has 0 fully saturated rings. The zero-order chi connectivity index (χ0) is 13.2. The molecule has 0 saturated heterocycles. The SMILES string of the molecule is CN(C(=O)c1cc(F)cc(Br)c1)C(C)(C)CO. The van der Waals surface area contributed by atoms with Gasteiger partial charge in [-0.3, -0.25) is 4.79 Å². The van der Waals surface area contributed by atoms with Crippen molar-refractivity contribution in [3.8, 4) is 0 Å². The fraction of sp³-hybridized carbons (Fsp3) is 0.417. The highest BCUT2D eigenvalue weighted by molar-refractivity contribution is 9.10. The number of halogens is 2. The van der Waals surface area contributed by atoms with Gasteiger partial charge in [0.1, 0.15) is 5.82 Å². The first-order valence-electron chi connectivity index (χ1n) is 5.13. The van der Waals surface area contributed by atoms with Gasteiger partial charge < -0.3 is 10.0 Å². The zero-order valence-corrected chi connectivity index (χ0v) is 11.6. The van der Waals surface area contributed by atoms with Crippen LogP contribution in [0.15, 0.2) is 22.7 Å². The molecule has 0 saturated carbocycles. The highest BCUT2D eigenvalue weighted by Gasteiger charge is 2.27. The van der Waals surface area contributed by atoms with Gasteiger partial charge in [-0.2, -0.15) is 0 Å². The van der Waals surface area contributed by atoms with E-state index in [-0.39, 0.29) is 18.1 Å². The van der Waals surface area contributed by atoms with Crippen LogP contribution in [-0.2, 0) is 0 Å². The molecule has 1 N–H and O–H groups in total. The molecule has 1 aromatic carbocycles. The first-order chi connectivity index (χ1) is 7.77. The molecule has 0 aliphatic rings. The molecule has 0 atom stereocenters. The van der Waals surface area contributed by atoms with Crippen LogP contribution in [-0.4, -0.2) is 35.1 Å². The van der Waals surface area contributed by atoms with Crippen LogP contribution in [0.5, 0.6) is 0 Å². The van der Waals surface area contributed by atoms with Gasteiger partial charge in [0.25, 0.3) is 5.91 Å². The molecule has 0 bridgehead atoms. The lowest BCUT2D eigenvalue weighted by Crippen LogP contribution is -2.47. The van der Waals surface area contributed by atoms with Gasteiger partial charge in [0.2, 0.25) is 0 Å². The summed E-state index contributed by atoms with van der Waals surface area (Å²) in [5.74, 6) is -0.804. The van der Waals surface area contributed by atoms with Crippen LogP contribution < -0.4 is 0 Å². The first kappa shape index (κ1) is 14.1. The van der Waals surface area contributed by atoms with Crippen molar-refractivity contribution in [2.45, 2.75) is 19.4 Å². The van der Waals surface area contributed by atoms with E-state index in [0.717, 1.165) is 0 Å². The highest BCUT2D eigenvalue weighted by atomic mass is 79.9. The fourth-order valence-corrected chi connectivity index (χ4v) is 1.72. The van der Waals surface area contributed by atoms with Gasteiger partial charge in [0, 0.05) is 17.1 Å². The Morgan fingerprint density at radius 2 is 2.06 bits per heavy atom. The quantitative estimate of drug-likeness (QED) is 0.932. The van der Waals surface area contributed by atoms with Crippen LogP contribution in [0.2, 0.25) is 0 Å². The Bertz CT molecular complexity index is 414. The monoisotopic (exact) mass is 303 g/mol. The number of carbonyl (C=O) groups excluding carboxylic acids is 1. The van der Waals surface area contributed by atoms with Gasteiger partial charge in [-0.05, 0) is 32.0 Å². The molecule has 0 aromatic heterocycles. The smallest absolute Gasteiger partial charge is 0.254 e. The lowest BCUT2D eigenvalue weighted by molar-refractivity contribution is 0.0472. The van der Waals surface area contributed by atoms with Crippen LogP contribution in [0.4, 0.5) is 4.39 Å². The van der Waals surface area contributed by atoms with Crippen molar-refractivity contribution in [2.24, 2.45) is 0 Å². The number of hydrogen-bond acceptors (Lipinski definition) is 2. The van der Waals surface area contributed by atoms with E-state index < -0.39 is 11.4 Å². The van der Waals surface area contributed by atoms with Crippen molar-refractivity contribution in [1.82, 2.24) is 4.90 Å². The zero-order valence-electron chi connectivity index (χ0n) is 10.00. The molecule has 0 aliphatic carbocycles. The van der Waals surface area contributed by atoms with Gasteiger partial charge in [-0.25, -0.2) is 4.39 Å². The molecular formula is C12H15BrFNO2. The molecule has 5 heteroatoms. The maximum absolute atomic E-state index is 13.2. The second-order valence-corrected chi connectivity index (χ2v) is 5.41. The van der Waals surface area contributed by atoms with Gasteiger partial charge in [0.15, 0.2) is 0 Å². The lowest BCUT2D eigenvalue weighted by Gasteiger charge is -2.34. The standard InChI is InChI=1S/C12H15BrFNO2/c1-12(2,7-16)15(3)11(17)8-4-9(13)6-10(14)5-8/h4-6,16H,7H2,1-3H3. The number of benzene rings is 1. The summed E-state index contributed by atoms with van der Waals surface area (Å²) >= 11 is 3.14. The predicted molar refractivity (Wildman–Crippen MR) is 67.4 cm³/mol. The normalized spacial score (nSPS) is 11.4. The number of aliphatic hydroxyl groups is 1. The van der Waals surface area contributed by atoms with E-state index in [1.807, 2.05) is 0 Å². The third-order valence-corrected chi connectivity index (χ3v) is 3.17. The molecule has 1 aromatic rings. The fourth-order valence-electron chi connectivity index (χ4n) is 1.25. The Balaban J connectivity index is 3.04. The summed E-state index contributed by atoms with van der Waals surface area (Å²) in [5.41, 5.74) is -0.434. The number of rotatable bonds is 3. The summed E-state index contributed by atoms with van der Waals surface area (Å²) in [6.45, 7) is 3.31. The van der Waals surface area contributed by atoms with Crippen LogP contribution in [0, 0.1) is 5.82 Å². The van der Waals surface area contributed by atoms with Crippen molar-refractivity contribution >= 4 is 21.8 Å². The molecule has 0 aliphatic heterocycles. The predicted octanol–water partition coefficient (Wildman–Crippen LogP) is 2.43. The van der Waals surface area contributed by atoms with Crippen molar-refractivity contribution in [2.75, 3.05) is 13.7 Å². The summed E-state index contributed by atoms with van der Waals surface area (Å²) in [6.07, 6.45) is 0. The number of carbonyl (C=O) groups is 1. The number of amides is 1. The number of likely N-dealkylation sites (N-methyl/N-ethyl adjacent to an activating group) is 1. The minimum atomic E-state index is -0.685. The average molecular weight is 304 g/mol. The van der Waals surface area contributed by atoms with E-state index in [1.54, 1.807) is 27.0 Å². The summed E-state index contributed by atoms with van der Waals surface area (Å²) in [6, 6.07) is 4.01. The van der Waals surface area contributed by atoms with E-state index in [2.05, 4.69) is 15.9 Å². The summed E-state index contributed by atoms with van der Waals surface area (Å²) in [5, 5.41) is 9.19. The molecule has 0 spiro atoms. The Kier molecular flexibility index (Phi) is 4.27. The molecule has 1 rings (SSSR count). The largest absolute Gasteiger partial charge is 0.394 e. The van der Waals surface area contributed by atoms with E-state index in [0.29, 0.717) is 4.47 Å². The van der Waals surface area contributed by atoms with Crippen LogP contribution in [0.3, 0.4) is 0 Å².